The van der Waals surface area contributed by atoms with Gasteiger partial charge in [0.1, 0.15) is 0 Å². The summed E-state index contributed by atoms with van der Waals surface area (Å²) < 4.78 is 0. The molecule has 1 aliphatic heterocycles. The Bertz CT molecular complexity index is 418. The van der Waals surface area contributed by atoms with Crippen LogP contribution in [-0.2, 0) is 6.42 Å². The normalized spacial score (nSPS) is 23.1. The molecular formula is C15H23N3. The second-order valence-electron chi connectivity index (χ2n) is 5.96. The summed E-state index contributed by atoms with van der Waals surface area (Å²) in [7, 11) is 2.20. The zero-order valence-corrected chi connectivity index (χ0v) is 11.2. The summed E-state index contributed by atoms with van der Waals surface area (Å²) in [5, 5.41) is 0. The fourth-order valence-electron chi connectivity index (χ4n) is 2.73. The number of benzene rings is 1. The van der Waals surface area contributed by atoms with E-state index in [0.29, 0.717) is 0 Å². The minimum absolute atomic E-state index is 0.0999. The zero-order chi connectivity index (χ0) is 12.6. The van der Waals surface area contributed by atoms with Crippen LogP contribution in [0.5, 0.6) is 0 Å². The van der Waals surface area contributed by atoms with Crippen molar-refractivity contribution in [3.8, 4) is 0 Å². The first-order valence-corrected chi connectivity index (χ1v) is 6.97. The zero-order valence-electron chi connectivity index (χ0n) is 11.2. The van der Waals surface area contributed by atoms with Crippen LogP contribution in [0.3, 0.4) is 0 Å². The predicted octanol–water partition coefficient (Wildman–Crippen LogP) is 1.47. The average molecular weight is 245 g/mol. The number of rotatable bonds is 3. The molecule has 0 bridgehead atoms. The highest BCUT2D eigenvalue weighted by atomic mass is 15.2. The maximum absolute atomic E-state index is 6.27. The molecule has 1 saturated heterocycles. The van der Waals surface area contributed by atoms with Gasteiger partial charge in [-0.15, -0.1) is 0 Å². The number of anilines is 1. The van der Waals surface area contributed by atoms with Crippen molar-refractivity contribution in [2.75, 3.05) is 38.1 Å². The van der Waals surface area contributed by atoms with Crippen LogP contribution in [0.2, 0.25) is 0 Å². The first-order chi connectivity index (χ1) is 8.66. The molecule has 0 amide bonds. The molecule has 2 N–H and O–H groups in total. The largest absolute Gasteiger partial charge is 0.369 e. The van der Waals surface area contributed by atoms with Crippen LogP contribution in [0.4, 0.5) is 5.69 Å². The molecule has 0 unspecified atom stereocenters. The molecule has 3 nitrogen and oxygen atoms in total. The Hall–Kier alpha value is -1.06. The van der Waals surface area contributed by atoms with Crippen molar-refractivity contribution in [1.82, 2.24) is 4.90 Å². The highest BCUT2D eigenvalue weighted by Crippen LogP contribution is 2.37. The van der Waals surface area contributed by atoms with Crippen molar-refractivity contribution in [2.24, 2.45) is 5.73 Å². The topological polar surface area (TPSA) is 32.5 Å². The highest BCUT2D eigenvalue weighted by Gasteiger charge is 2.38. The summed E-state index contributed by atoms with van der Waals surface area (Å²) in [6.45, 7) is 4.57. The maximum atomic E-state index is 6.27. The predicted molar refractivity (Wildman–Crippen MR) is 76.0 cm³/mol. The minimum atomic E-state index is 0.0999. The van der Waals surface area contributed by atoms with Gasteiger partial charge in [0.2, 0.25) is 0 Å². The molecule has 1 aromatic carbocycles. The fourth-order valence-corrected chi connectivity index (χ4v) is 2.73. The van der Waals surface area contributed by atoms with Crippen molar-refractivity contribution in [2.45, 2.75) is 24.8 Å². The molecule has 1 heterocycles. The summed E-state index contributed by atoms with van der Waals surface area (Å²) in [4.78, 5) is 4.91. The first-order valence-electron chi connectivity index (χ1n) is 6.97. The quantitative estimate of drug-likeness (QED) is 0.875. The third-order valence-electron chi connectivity index (χ3n) is 4.27. The Morgan fingerprint density at radius 3 is 2.44 bits per heavy atom. The number of nitrogens with zero attached hydrogens (tertiary/aromatic N) is 2. The van der Waals surface area contributed by atoms with E-state index in [-0.39, 0.29) is 5.54 Å². The van der Waals surface area contributed by atoms with Gasteiger partial charge in [0.25, 0.3) is 0 Å². The number of hydrogen-bond donors (Lipinski definition) is 1. The van der Waals surface area contributed by atoms with Gasteiger partial charge in [-0.25, -0.2) is 0 Å². The van der Waals surface area contributed by atoms with Gasteiger partial charge in [0.05, 0.1) is 0 Å². The summed E-state index contributed by atoms with van der Waals surface area (Å²) in [5.74, 6) is 0. The Balaban J connectivity index is 1.78. The smallest absolute Gasteiger partial charge is 0.0400 e. The molecule has 0 atom stereocenters. The molecule has 3 heteroatoms. The number of nitrogens with two attached hydrogens (primary N) is 1. The summed E-state index contributed by atoms with van der Waals surface area (Å²) >= 11 is 0. The minimum Gasteiger partial charge on any atom is -0.369 e. The van der Waals surface area contributed by atoms with Crippen molar-refractivity contribution in [1.29, 1.82) is 0 Å². The lowest BCUT2D eigenvalue weighted by Crippen LogP contribution is -2.45. The highest BCUT2D eigenvalue weighted by molar-refractivity contribution is 5.55. The molecule has 2 aliphatic rings. The van der Waals surface area contributed by atoms with E-state index in [4.69, 9.17) is 5.73 Å². The number of likely N-dealkylation sites (N-methyl/N-ethyl adjacent to an activating group) is 1. The monoisotopic (exact) mass is 245 g/mol. The van der Waals surface area contributed by atoms with Gasteiger partial charge in [0.15, 0.2) is 0 Å². The molecule has 0 aromatic heterocycles. The molecule has 98 valence electrons. The van der Waals surface area contributed by atoms with E-state index < -0.39 is 0 Å². The Morgan fingerprint density at radius 1 is 1.11 bits per heavy atom. The number of piperazine rings is 1. The summed E-state index contributed by atoms with van der Waals surface area (Å²) in [5.41, 5.74) is 9.21. The van der Waals surface area contributed by atoms with Crippen LogP contribution >= 0.6 is 0 Å². The van der Waals surface area contributed by atoms with Crippen LogP contribution < -0.4 is 10.6 Å². The lowest BCUT2D eigenvalue weighted by atomic mass is 10.0. The van der Waals surface area contributed by atoms with Gasteiger partial charge in [-0.05, 0) is 37.9 Å². The second kappa shape index (κ2) is 4.56. The average Bonchev–Trinajstić information content (AvgIpc) is 3.09. The van der Waals surface area contributed by atoms with E-state index in [1.54, 1.807) is 0 Å². The van der Waals surface area contributed by atoms with Crippen molar-refractivity contribution >= 4 is 5.69 Å². The van der Waals surface area contributed by atoms with E-state index in [1.165, 1.54) is 24.1 Å². The van der Waals surface area contributed by atoms with Crippen LogP contribution in [0.1, 0.15) is 18.4 Å². The van der Waals surface area contributed by atoms with Gasteiger partial charge in [0, 0.05) is 37.4 Å². The van der Waals surface area contributed by atoms with Gasteiger partial charge in [-0.2, -0.15) is 0 Å². The van der Waals surface area contributed by atoms with E-state index in [9.17, 15) is 0 Å². The van der Waals surface area contributed by atoms with Gasteiger partial charge in [-0.1, -0.05) is 18.2 Å². The van der Waals surface area contributed by atoms with Crippen molar-refractivity contribution < 1.29 is 0 Å². The van der Waals surface area contributed by atoms with E-state index in [2.05, 4.69) is 41.1 Å². The Morgan fingerprint density at radius 2 is 1.78 bits per heavy atom. The molecule has 2 fully saturated rings. The SMILES string of the molecule is CN1CCN(c2ccccc2CC2(N)CC2)CC1. The molecule has 0 spiro atoms. The maximum Gasteiger partial charge on any atom is 0.0400 e. The van der Waals surface area contributed by atoms with Crippen molar-refractivity contribution in [3.63, 3.8) is 0 Å². The van der Waals surface area contributed by atoms with E-state index in [1.807, 2.05) is 0 Å². The standard InChI is InChI=1S/C15H23N3/c1-17-8-10-18(11-9-17)14-5-3-2-4-13(14)12-15(16)6-7-15/h2-5H,6-12,16H2,1H3. The first kappa shape index (κ1) is 12.0. The second-order valence-corrected chi connectivity index (χ2v) is 5.96. The molecule has 3 rings (SSSR count). The summed E-state index contributed by atoms with van der Waals surface area (Å²) in [6.07, 6.45) is 3.41. The number of para-hydroxylation sites is 1. The van der Waals surface area contributed by atoms with Gasteiger partial charge < -0.3 is 15.5 Å². The van der Waals surface area contributed by atoms with Crippen LogP contribution in [-0.4, -0.2) is 43.7 Å². The molecule has 1 saturated carbocycles. The Labute approximate surface area is 110 Å². The lowest BCUT2D eigenvalue weighted by Gasteiger charge is -2.35. The molecular weight excluding hydrogens is 222 g/mol. The molecule has 0 radical (unpaired) electrons. The van der Waals surface area contributed by atoms with E-state index >= 15 is 0 Å². The Kier molecular flexibility index (Phi) is 3.04. The third-order valence-corrected chi connectivity index (χ3v) is 4.27. The third kappa shape index (κ3) is 2.52. The molecule has 1 aromatic rings. The van der Waals surface area contributed by atoms with E-state index in [0.717, 1.165) is 32.6 Å². The summed E-state index contributed by atoms with van der Waals surface area (Å²) in [6, 6.07) is 8.79. The number of hydrogen-bond acceptors (Lipinski definition) is 3. The fraction of sp³-hybridized carbons (Fsp3) is 0.600. The van der Waals surface area contributed by atoms with Gasteiger partial charge >= 0.3 is 0 Å². The van der Waals surface area contributed by atoms with Gasteiger partial charge in [-0.3, -0.25) is 0 Å². The van der Waals surface area contributed by atoms with Crippen LogP contribution in [0.15, 0.2) is 24.3 Å². The van der Waals surface area contributed by atoms with Crippen LogP contribution in [0, 0.1) is 0 Å². The lowest BCUT2D eigenvalue weighted by molar-refractivity contribution is 0.312. The van der Waals surface area contributed by atoms with Crippen molar-refractivity contribution in [3.05, 3.63) is 29.8 Å². The molecule has 18 heavy (non-hydrogen) atoms. The molecule has 1 aliphatic carbocycles. The van der Waals surface area contributed by atoms with Crippen LogP contribution in [0.25, 0.3) is 0 Å².